The average Bonchev–Trinajstić information content (AvgIpc) is 3.45. The fourth-order valence-electron chi connectivity index (χ4n) is 3.78. The summed E-state index contributed by atoms with van der Waals surface area (Å²) in [6.45, 7) is 2.71. The number of aliphatic hydroxyl groups excluding tert-OH is 1. The van der Waals surface area contributed by atoms with Crippen molar-refractivity contribution in [2.24, 2.45) is 0 Å². The Balaban J connectivity index is 1.41. The third-order valence-corrected chi connectivity index (χ3v) is 7.51. The van der Waals surface area contributed by atoms with Gasteiger partial charge >= 0.3 is 6.09 Å². The van der Waals surface area contributed by atoms with E-state index >= 15 is 0 Å². The Hall–Kier alpha value is -1.73. The second kappa shape index (κ2) is 10.7. The van der Waals surface area contributed by atoms with E-state index in [-0.39, 0.29) is 6.61 Å². The first-order chi connectivity index (χ1) is 15.1. The number of thioether (sulfide) groups is 1. The fourth-order valence-corrected chi connectivity index (χ4v) is 5.15. The zero-order valence-electron chi connectivity index (χ0n) is 17.5. The molecule has 7 heteroatoms. The van der Waals surface area contributed by atoms with Gasteiger partial charge < -0.3 is 20.1 Å². The zero-order chi connectivity index (χ0) is 21.6. The molecule has 0 radical (unpaired) electrons. The molecule has 2 N–H and O–H groups in total. The predicted molar refractivity (Wildman–Crippen MR) is 125 cm³/mol. The number of nitrogens with one attached hydrogen (secondary N) is 1. The minimum atomic E-state index is -0.873. The van der Waals surface area contributed by atoms with Crippen molar-refractivity contribution in [3.8, 4) is 0 Å². The van der Waals surface area contributed by atoms with Crippen LogP contribution in [0.2, 0.25) is 5.02 Å². The zero-order valence-corrected chi connectivity index (χ0v) is 19.1. The standard InChI is InChI=1S/C24H29ClN2O3S/c25-20-14-18(8-11-22(20)31-19-9-10-19)23(28)21(15-27-12-4-5-13-27)26-24(29)30-16-17-6-2-1-3-7-17/h1-3,6-8,11,14,19,21,23,28H,4-5,9-10,12-13,15-16H2,(H,26,29)/t21-,23-/m1/s1. The molecule has 1 aliphatic carbocycles. The summed E-state index contributed by atoms with van der Waals surface area (Å²) in [7, 11) is 0. The molecule has 5 nitrogen and oxygen atoms in total. The van der Waals surface area contributed by atoms with Crippen LogP contribution >= 0.6 is 23.4 Å². The number of nitrogens with zero attached hydrogens (tertiary/aromatic N) is 1. The third kappa shape index (κ3) is 6.62. The van der Waals surface area contributed by atoms with Crippen LogP contribution < -0.4 is 5.32 Å². The van der Waals surface area contributed by atoms with Gasteiger partial charge in [-0.2, -0.15) is 0 Å². The number of alkyl carbamates (subject to hydrolysis) is 1. The predicted octanol–water partition coefficient (Wildman–Crippen LogP) is 5.02. The molecule has 1 amide bonds. The molecule has 2 aliphatic rings. The van der Waals surface area contributed by atoms with Crippen molar-refractivity contribution in [1.29, 1.82) is 0 Å². The lowest BCUT2D eigenvalue weighted by Crippen LogP contribution is -2.46. The molecule has 1 aliphatic heterocycles. The highest BCUT2D eigenvalue weighted by atomic mass is 35.5. The van der Waals surface area contributed by atoms with Crippen molar-refractivity contribution in [1.82, 2.24) is 10.2 Å². The first-order valence-corrected chi connectivity index (χ1v) is 12.2. The number of aliphatic hydroxyl groups is 1. The number of ether oxygens (including phenoxy) is 1. The normalized spacial score (nSPS) is 18.5. The van der Waals surface area contributed by atoms with E-state index in [1.165, 1.54) is 12.8 Å². The summed E-state index contributed by atoms with van der Waals surface area (Å²) < 4.78 is 5.39. The summed E-state index contributed by atoms with van der Waals surface area (Å²) in [5, 5.41) is 15.3. The summed E-state index contributed by atoms with van der Waals surface area (Å²) in [5.74, 6) is 0. The molecule has 2 atom stereocenters. The van der Waals surface area contributed by atoms with Crippen LogP contribution in [0.4, 0.5) is 4.79 Å². The molecular weight excluding hydrogens is 432 g/mol. The molecular formula is C24H29ClN2O3S. The molecule has 0 bridgehead atoms. The highest BCUT2D eigenvalue weighted by Crippen LogP contribution is 2.42. The van der Waals surface area contributed by atoms with E-state index in [0.717, 1.165) is 36.4 Å². The Labute approximate surface area is 193 Å². The highest BCUT2D eigenvalue weighted by molar-refractivity contribution is 8.00. The van der Waals surface area contributed by atoms with Gasteiger partial charge in [-0.05, 0) is 62.0 Å². The maximum atomic E-state index is 12.5. The van der Waals surface area contributed by atoms with Gasteiger partial charge in [0.2, 0.25) is 0 Å². The average molecular weight is 461 g/mol. The van der Waals surface area contributed by atoms with Crippen LogP contribution in [0.5, 0.6) is 0 Å². The van der Waals surface area contributed by atoms with E-state index < -0.39 is 18.2 Å². The van der Waals surface area contributed by atoms with Crippen LogP contribution in [0.15, 0.2) is 53.4 Å². The van der Waals surface area contributed by atoms with Crippen molar-refractivity contribution in [3.63, 3.8) is 0 Å². The highest BCUT2D eigenvalue weighted by Gasteiger charge is 2.28. The maximum absolute atomic E-state index is 12.5. The number of hydrogen-bond donors (Lipinski definition) is 2. The van der Waals surface area contributed by atoms with Crippen LogP contribution in [0.1, 0.15) is 42.9 Å². The second-order valence-corrected chi connectivity index (χ2v) is 10.0. The molecule has 31 heavy (non-hydrogen) atoms. The number of carbonyl (C=O) groups excluding carboxylic acids is 1. The Morgan fingerprint density at radius 3 is 2.61 bits per heavy atom. The number of likely N-dealkylation sites (tertiary alicyclic amines) is 1. The van der Waals surface area contributed by atoms with Crippen LogP contribution in [-0.2, 0) is 11.3 Å². The molecule has 166 valence electrons. The molecule has 1 heterocycles. The topological polar surface area (TPSA) is 61.8 Å². The van der Waals surface area contributed by atoms with Gasteiger partial charge in [0.1, 0.15) is 12.7 Å². The maximum Gasteiger partial charge on any atom is 0.407 e. The monoisotopic (exact) mass is 460 g/mol. The Morgan fingerprint density at radius 2 is 1.94 bits per heavy atom. The molecule has 4 rings (SSSR count). The Kier molecular flexibility index (Phi) is 7.77. The van der Waals surface area contributed by atoms with E-state index in [2.05, 4.69) is 10.2 Å². The van der Waals surface area contributed by atoms with Crippen LogP contribution in [0, 0.1) is 0 Å². The van der Waals surface area contributed by atoms with Crippen molar-refractivity contribution in [2.75, 3.05) is 19.6 Å². The van der Waals surface area contributed by atoms with E-state index in [0.29, 0.717) is 22.4 Å². The van der Waals surface area contributed by atoms with Gasteiger partial charge in [0, 0.05) is 16.7 Å². The number of amides is 1. The van der Waals surface area contributed by atoms with Crippen molar-refractivity contribution >= 4 is 29.5 Å². The van der Waals surface area contributed by atoms with Gasteiger partial charge in [-0.1, -0.05) is 48.0 Å². The molecule has 0 unspecified atom stereocenters. The molecule has 2 aromatic rings. The number of halogens is 1. The summed E-state index contributed by atoms with van der Waals surface area (Å²) in [6, 6.07) is 14.8. The number of benzene rings is 2. The second-order valence-electron chi connectivity index (χ2n) is 8.27. The number of rotatable bonds is 9. The van der Waals surface area contributed by atoms with E-state index in [1.54, 1.807) is 11.8 Å². The van der Waals surface area contributed by atoms with Gasteiger partial charge in [0.15, 0.2) is 0 Å². The van der Waals surface area contributed by atoms with E-state index in [9.17, 15) is 9.90 Å². The van der Waals surface area contributed by atoms with Gasteiger partial charge in [0.25, 0.3) is 0 Å². The van der Waals surface area contributed by atoms with Crippen LogP contribution in [-0.4, -0.2) is 47.0 Å². The molecule has 1 saturated heterocycles. The number of carbonyl (C=O) groups is 1. The van der Waals surface area contributed by atoms with Crippen molar-refractivity contribution in [3.05, 3.63) is 64.7 Å². The lowest BCUT2D eigenvalue weighted by Gasteiger charge is -2.28. The molecule has 0 aromatic heterocycles. The van der Waals surface area contributed by atoms with Crippen LogP contribution in [0.25, 0.3) is 0 Å². The molecule has 1 saturated carbocycles. The van der Waals surface area contributed by atoms with Crippen LogP contribution in [0.3, 0.4) is 0 Å². The summed E-state index contributed by atoms with van der Waals surface area (Å²) in [5.41, 5.74) is 1.63. The minimum absolute atomic E-state index is 0.193. The van der Waals surface area contributed by atoms with Gasteiger partial charge in [-0.15, -0.1) is 11.8 Å². The summed E-state index contributed by atoms with van der Waals surface area (Å²) in [4.78, 5) is 15.8. The van der Waals surface area contributed by atoms with E-state index in [1.807, 2.05) is 48.5 Å². The van der Waals surface area contributed by atoms with Gasteiger partial charge in [-0.25, -0.2) is 4.79 Å². The van der Waals surface area contributed by atoms with Gasteiger partial charge in [-0.3, -0.25) is 0 Å². The fraction of sp³-hybridized carbons (Fsp3) is 0.458. The largest absolute Gasteiger partial charge is 0.445 e. The molecule has 2 aromatic carbocycles. The Bertz CT molecular complexity index is 872. The summed E-state index contributed by atoms with van der Waals surface area (Å²) >= 11 is 8.28. The first kappa shape index (κ1) is 22.5. The Morgan fingerprint density at radius 1 is 1.19 bits per heavy atom. The molecule has 0 spiro atoms. The minimum Gasteiger partial charge on any atom is -0.445 e. The lowest BCUT2D eigenvalue weighted by molar-refractivity contribution is 0.0882. The number of hydrogen-bond acceptors (Lipinski definition) is 5. The summed E-state index contributed by atoms with van der Waals surface area (Å²) in [6.07, 6.45) is 3.35. The van der Waals surface area contributed by atoms with E-state index in [4.69, 9.17) is 16.3 Å². The third-order valence-electron chi connectivity index (χ3n) is 5.67. The lowest BCUT2D eigenvalue weighted by atomic mass is 10.0. The molecule has 2 fully saturated rings. The SMILES string of the molecule is O=C(N[C@H](CN1CCCC1)[C@H](O)c1ccc(SC2CC2)c(Cl)c1)OCc1ccccc1. The van der Waals surface area contributed by atoms with Crippen molar-refractivity contribution < 1.29 is 14.6 Å². The quantitative estimate of drug-likeness (QED) is 0.550. The van der Waals surface area contributed by atoms with Crippen molar-refractivity contribution in [2.45, 2.75) is 54.6 Å². The first-order valence-electron chi connectivity index (χ1n) is 10.9. The smallest absolute Gasteiger partial charge is 0.407 e. The van der Waals surface area contributed by atoms with Gasteiger partial charge in [0.05, 0.1) is 11.1 Å².